The van der Waals surface area contributed by atoms with Crippen LogP contribution in [0.3, 0.4) is 0 Å². The molecule has 0 aliphatic rings. The molecule has 0 bridgehead atoms. The van der Waals surface area contributed by atoms with Gasteiger partial charge in [-0.05, 0) is 0 Å². The number of alkyl halides is 1. The molecule has 0 N–H and O–H groups in total. The van der Waals surface area contributed by atoms with Gasteiger partial charge >= 0.3 is 71.9 Å². The summed E-state index contributed by atoms with van der Waals surface area (Å²) in [5.41, 5.74) is 0. The summed E-state index contributed by atoms with van der Waals surface area (Å²) < 4.78 is 3.40. The standard InChI is InChI=1S/C8H10IN/c1-2-6-9-10-7-4-3-5-8-10/h2-5,7-8H,1,6H2. The first-order valence-corrected chi connectivity index (χ1v) is 5.59. The van der Waals surface area contributed by atoms with Crippen molar-refractivity contribution in [2.24, 2.45) is 0 Å². The zero-order valence-electron chi connectivity index (χ0n) is 5.70. The Kier molecular flexibility index (Phi) is 3.43. The van der Waals surface area contributed by atoms with E-state index in [-0.39, 0.29) is 21.5 Å². The SMILES string of the molecule is C=CC[I-][n+]1ccccc1. The van der Waals surface area contributed by atoms with Gasteiger partial charge in [-0.25, -0.2) is 0 Å². The van der Waals surface area contributed by atoms with Crippen molar-refractivity contribution in [3.8, 4) is 0 Å². The molecule has 0 saturated carbocycles. The van der Waals surface area contributed by atoms with Gasteiger partial charge in [-0.1, -0.05) is 0 Å². The summed E-state index contributed by atoms with van der Waals surface area (Å²) in [6.45, 7) is 3.69. The van der Waals surface area contributed by atoms with Gasteiger partial charge in [0.2, 0.25) is 0 Å². The molecule has 0 amide bonds. The van der Waals surface area contributed by atoms with Crippen molar-refractivity contribution in [1.82, 2.24) is 0 Å². The number of allylic oxidation sites excluding steroid dienone is 1. The molecule has 2 heteroatoms. The van der Waals surface area contributed by atoms with Gasteiger partial charge in [0.1, 0.15) is 0 Å². The van der Waals surface area contributed by atoms with Gasteiger partial charge in [0.25, 0.3) is 0 Å². The predicted molar refractivity (Wildman–Crippen MR) is 37.1 cm³/mol. The van der Waals surface area contributed by atoms with E-state index < -0.39 is 0 Å². The van der Waals surface area contributed by atoms with E-state index in [1.54, 1.807) is 0 Å². The summed E-state index contributed by atoms with van der Waals surface area (Å²) in [5.74, 6) is 0. The minimum absolute atomic E-state index is 0.125. The molecular weight excluding hydrogens is 237 g/mol. The number of nitrogens with zero attached hydrogens (tertiary/aromatic N) is 1. The molecule has 0 aliphatic carbocycles. The molecule has 1 aromatic rings. The fourth-order valence-corrected chi connectivity index (χ4v) is 2.15. The van der Waals surface area contributed by atoms with Gasteiger partial charge in [0.15, 0.2) is 0 Å². The van der Waals surface area contributed by atoms with Gasteiger partial charge < -0.3 is 0 Å². The molecule has 0 radical (unpaired) electrons. The van der Waals surface area contributed by atoms with Crippen LogP contribution in [0.25, 0.3) is 0 Å². The molecule has 0 aromatic carbocycles. The van der Waals surface area contributed by atoms with E-state index in [1.807, 2.05) is 12.1 Å². The molecule has 1 rings (SSSR count). The number of hydrogen-bond acceptors (Lipinski definition) is 0. The number of halogens is 1. The van der Waals surface area contributed by atoms with E-state index in [1.165, 1.54) is 0 Å². The molecule has 1 nitrogen and oxygen atoms in total. The summed E-state index contributed by atoms with van der Waals surface area (Å²) >= 11 is 0.125. The van der Waals surface area contributed by atoms with E-state index in [0.29, 0.717) is 0 Å². The first kappa shape index (κ1) is 7.72. The second kappa shape index (κ2) is 4.44. The molecular formula is C8H10IN. The van der Waals surface area contributed by atoms with Crippen LogP contribution in [-0.4, -0.2) is 4.43 Å². The normalized spacial score (nSPS) is 9.60. The van der Waals surface area contributed by atoms with E-state index in [4.69, 9.17) is 0 Å². The molecule has 0 spiro atoms. The third-order valence-electron chi connectivity index (χ3n) is 0.995. The van der Waals surface area contributed by atoms with Gasteiger partial charge in [-0.3, -0.25) is 0 Å². The minimum atomic E-state index is 0.125. The first-order chi connectivity index (χ1) is 4.93. The maximum absolute atomic E-state index is 3.69. The monoisotopic (exact) mass is 247 g/mol. The second-order valence-electron chi connectivity index (χ2n) is 1.78. The zero-order valence-corrected chi connectivity index (χ0v) is 7.86. The summed E-state index contributed by atoms with van der Waals surface area (Å²) in [6.07, 6.45) is 6.20. The van der Waals surface area contributed by atoms with Crippen molar-refractivity contribution < 1.29 is 24.3 Å². The second-order valence-corrected chi connectivity index (χ2v) is 4.46. The van der Waals surface area contributed by atoms with Gasteiger partial charge in [0.05, 0.1) is 0 Å². The molecule has 0 fully saturated rings. The number of aromatic nitrogens is 1. The Hall–Kier alpha value is -0.380. The van der Waals surface area contributed by atoms with Crippen LogP contribution in [0.4, 0.5) is 0 Å². The first-order valence-electron chi connectivity index (χ1n) is 3.10. The Bertz CT molecular complexity index is 196. The summed E-state index contributed by atoms with van der Waals surface area (Å²) in [4.78, 5) is 0. The van der Waals surface area contributed by atoms with Crippen LogP contribution in [0.5, 0.6) is 0 Å². The number of pyridine rings is 1. The Labute approximate surface area is 72.0 Å². The van der Waals surface area contributed by atoms with Crippen molar-refractivity contribution in [3.63, 3.8) is 0 Å². The third kappa shape index (κ3) is 2.47. The van der Waals surface area contributed by atoms with Crippen LogP contribution in [0, 0.1) is 0 Å². The molecule has 0 saturated heterocycles. The summed E-state index contributed by atoms with van der Waals surface area (Å²) in [7, 11) is 0. The Morgan fingerprint density at radius 1 is 1.30 bits per heavy atom. The Morgan fingerprint density at radius 2 is 2.00 bits per heavy atom. The molecule has 10 heavy (non-hydrogen) atoms. The number of rotatable bonds is 3. The fourth-order valence-electron chi connectivity index (χ4n) is 0.586. The fraction of sp³-hybridized carbons (Fsp3) is 0.125. The Morgan fingerprint density at radius 3 is 2.60 bits per heavy atom. The molecule has 0 atom stereocenters. The van der Waals surface area contributed by atoms with Gasteiger partial charge in [0, 0.05) is 0 Å². The number of hydrogen-bond donors (Lipinski definition) is 0. The zero-order chi connectivity index (χ0) is 7.23. The van der Waals surface area contributed by atoms with Crippen LogP contribution in [0.15, 0.2) is 43.2 Å². The third-order valence-corrected chi connectivity index (χ3v) is 3.44. The van der Waals surface area contributed by atoms with E-state index in [0.717, 1.165) is 4.43 Å². The average Bonchev–Trinajstić information content (AvgIpc) is 2.03. The maximum atomic E-state index is 3.69. The van der Waals surface area contributed by atoms with Crippen molar-refractivity contribution in [3.05, 3.63) is 43.2 Å². The molecule has 1 aromatic heterocycles. The topological polar surface area (TPSA) is 3.88 Å². The van der Waals surface area contributed by atoms with Crippen molar-refractivity contribution >= 4 is 0 Å². The van der Waals surface area contributed by atoms with E-state index >= 15 is 0 Å². The van der Waals surface area contributed by atoms with Gasteiger partial charge in [-0.2, -0.15) is 0 Å². The van der Waals surface area contributed by atoms with Crippen molar-refractivity contribution in [1.29, 1.82) is 0 Å². The van der Waals surface area contributed by atoms with Gasteiger partial charge in [-0.15, -0.1) is 0 Å². The van der Waals surface area contributed by atoms with Crippen LogP contribution >= 0.6 is 0 Å². The average molecular weight is 247 g/mol. The van der Waals surface area contributed by atoms with E-state index in [9.17, 15) is 0 Å². The summed E-state index contributed by atoms with van der Waals surface area (Å²) in [6, 6.07) is 6.15. The summed E-state index contributed by atoms with van der Waals surface area (Å²) in [5, 5.41) is 0. The molecule has 54 valence electrons. The van der Waals surface area contributed by atoms with Crippen LogP contribution in [-0.2, 0) is 0 Å². The predicted octanol–water partition coefficient (Wildman–Crippen LogP) is -1.99. The van der Waals surface area contributed by atoms with Crippen LogP contribution < -0.4 is 24.3 Å². The van der Waals surface area contributed by atoms with Crippen molar-refractivity contribution in [2.45, 2.75) is 0 Å². The molecule has 0 unspecified atom stereocenters. The quantitative estimate of drug-likeness (QED) is 0.331. The van der Waals surface area contributed by atoms with E-state index in [2.05, 4.69) is 33.9 Å². The molecule has 1 heterocycles. The van der Waals surface area contributed by atoms with Crippen LogP contribution in [0.2, 0.25) is 0 Å². The Balaban J connectivity index is 2.50. The van der Waals surface area contributed by atoms with Crippen molar-refractivity contribution in [2.75, 3.05) is 4.43 Å². The molecule has 0 aliphatic heterocycles. The van der Waals surface area contributed by atoms with Crippen LogP contribution in [0.1, 0.15) is 0 Å².